The first-order valence-electron chi connectivity index (χ1n) is 7.91. The highest BCUT2D eigenvalue weighted by Crippen LogP contribution is 2.17. The van der Waals surface area contributed by atoms with E-state index in [1.807, 2.05) is 30.3 Å². The number of carbonyl (C=O) groups is 1. The second-order valence-corrected chi connectivity index (χ2v) is 7.54. The first-order chi connectivity index (χ1) is 12.4. The van der Waals surface area contributed by atoms with Crippen LogP contribution in [0.2, 0.25) is 0 Å². The predicted molar refractivity (Wildman–Crippen MR) is 96.6 cm³/mol. The topological polar surface area (TPSA) is 109 Å². The normalized spacial score (nSPS) is 11.6. The molecule has 0 aliphatic rings. The lowest BCUT2D eigenvalue weighted by atomic mass is 10.1. The van der Waals surface area contributed by atoms with E-state index in [-0.39, 0.29) is 17.1 Å². The summed E-state index contributed by atoms with van der Waals surface area (Å²) in [6, 6.07) is 10.8. The van der Waals surface area contributed by atoms with E-state index in [9.17, 15) is 13.2 Å². The van der Waals surface area contributed by atoms with Crippen LogP contribution in [0.5, 0.6) is 0 Å². The van der Waals surface area contributed by atoms with E-state index in [1.165, 1.54) is 13.0 Å². The molecule has 7 nitrogen and oxygen atoms in total. The van der Waals surface area contributed by atoms with Gasteiger partial charge in [0.25, 0.3) is 0 Å². The summed E-state index contributed by atoms with van der Waals surface area (Å²) >= 11 is 0. The third-order valence-electron chi connectivity index (χ3n) is 3.99. The maximum Gasteiger partial charge on any atom is 0.354 e. The van der Waals surface area contributed by atoms with Crippen LogP contribution in [0.4, 0.5) is 0 Å². The van der Waals surface area contributed by atoms with Gasteiger partial charge in [0.1, 0.15) is 4.90 Å². The lowest BCUT2D eigenvalue weighted by Crippen LogP contribution is -2.26. The number of nitrogens with one attached hydrogen (secondary N) is 1. The van der Waals surface area contributed by atoms with Gasteiger partial charge in [-0.2, -0.15) is 0 Å². The molecule has 0 amide bonds. The molecule has 2 N–H and O–H groups in total. The van der Waals surface area contributed by atoms with Crippen LogP contribution in [0, 0.1) is 6.92 Å². The van der Waals surface area contributed by atoms with Crippen molar-refractivity contribution < 1.29 is 18.3 Å². The Labute approximate surface area is 150 Å². The fraction of sp³-hybridized carbons (Fsp3) is 0.167. The number of fused-ring (bicyclic) bond motifs is 1. The summed E-state index contributed by atoms with van der Waals surface area (Å²) < 4.78 is 27.3. The van der Waals surface area contributed by atoms with E-state index in [2.05, 4.69) is 14.7 Å². The number of hydrogen-bond acceptors (Lipinski definition) is 5. The quantitative estimate of drug-likeness (QED) is 0.687. The SMILES string of the molecule is Cc1cc(S(=O)(=O)NCCc2ccnc3ccccc23)cnc1C(=O)O. The molecule has 0 spiro atoms. The van der Waals surface area contributed by atoms with Crippen LogP contribution in [-0.4, -0.2) is 36.0 Å². The number of para-hydroxylation sites is 1. The number of hydrogen-bond donors (Lipinski definition) is 2. The molecule has 26 heavy (non-hydrogen) atoms. The molecule has 0 aliphatic carbocycles. The Morgan fingerprint density at radius 1 is 1.19 bits per heavy atom. The number of rotatable bonds is 6. The zero-order valence-corrected chi connectivity index (χ0v) is 14.8. The maximum absolute atomic E-state index is 12.4. The first kappa shape index (κ1) is 18.0. The van der Waals surface area contributed by atoms with Crippen molar-refractivity contribution in [3.05, 3.63) is 65.6 Å². The summed E-state index contributed by atoms with van der Waals surface area (Å²) in [5, 5.41) is 9.96. The largest absolute Gasteiger partial charge is 0.477 e. The number of aromatic nitrogens is 2. The van der Waals surface area contributed by atoms with Crippen LogP contribution in [-0.2, 0) is 16.4 Å². The summed E-state index contributed by atoms with van der Waals surface area (Å²) in [5.41, 5.74) is 1.98. The third-order valence-corrected chi connectivity index (χ3v) is 5.42. The molecule has 0 atom stereocenters. The van der Waals surface area contributed by atoms with Crippen LogP contribution in [0.15, 0.2) is 53.7 Å². The van der Waals surface area contributed by atoms with E-state index in [0.29, 0.717) is 12.0 Å². The summed E-state index contributed by atoms with van der Waals surface area (Å²) in [5.74, 6) is -1.19. The van der Waals surface area contributed by atoms with Crippen LogP contribution >= 0.6 is 0 Å². The van der Waals surface area contributed by atoms with Crippen LogP contribution in [0.1, 0.15) is 21.6 Å². The van der Waals surface area contributed by atoms with Crippen molar-refractivity contribution in [2.45, 2.75) is 18.2 Å². The van der Waals surface area contributed by atoms with Gasteiger partial charge in [-0.1, -0.05) is 18.2 Å². The Bertz CT molecular complexity index is 1080. The van der Waals surface area contributed by atoms with E-state index < -0.39 is 16.0 Å². The molecule has 0 fully saturated rings. The number of aryl methyl sites for hydroxylation is 1. The Balaban J connectivity index is 1.74. The molecule has 0 saturated heterocycles. The number of sulfonamides is 1. The highest BCUT2D eigenvalue weighted by molar-refractivity contribution is 7.89. The second kappa shape index (κ2) is 7.19. The predicted octanol–water partition coefficient (Wildman–Crippen LogP) is 2.16. The molecule has 3 aromatic rings. The Morgan fingerprint density at radius 3 is 2.69 bits per heavy atom. The van der Waals surface area contributed by atoms with Gasteiger partial charge in [-0.3, -0.25) is 4.98 Å². The zero-order chi connectivity index (χ0) is 18.7. The molecule has 0 unspecified atom stereocenters. The first-order valence-corrected chi connectivity index (χ1v) is 9.39. The van der Waals surface area contributed by atoms with E-state index in [4.69, 9.17) is 5.11 Å². The number of benzene rings is 1. The highest BCUT2D eigenvalue weighted by atomic mass is 32.2. The minimum atomic E-state index is -3.77. The fourth-order valence-electron chi connectivity index (χ4n) is 2.70. The number of pyridine rings is 2. The Morgan fingerprint density at radius 2 is 1.96 bits per heavy atom. The number of carboxylic acid groups (broad SMARTS) is 1. The van der Waals surface area contributed by atoms with Gasteiger partial charge in [0.2, 0.25) is 10.0 Å². The standard InChI is InChI=1S/C18H17N3O4S/c1-12-10-14(11-20-17(12)18(22)23)26(24,25)21-9-7-13-6-8-19-16-5-3-2-4-15(13)16/h2-6,8,10-11,21H,7,9H2,1H3,(H,22,23). The number of carboxylic acids is 1. The van der Waals surface area contributed by atoms with Crippen molar-refractivity contribution in [1.82, 2.24) is 14.7 Å². The van der Waals surface area contributed by atoms with E-state index in [0.717, 1.165) is 22.7 Å². The molecule has 0 bridgehead atoms. The van der Waals surface area contributed by atoms with Crippen molar-refractivity contribution in [2.75, 3.05) is 6.54 Å². The molecular formula is C18H17N3O4S. The van der Waals surface area contributed by atoms with Gasteiger partial charge >= 0.3 is 5.97 Å². The average molecular weight is 371 g/mol. The van der Waals surface area contributed by atoms with E-state index >= 15 is 0 Å². The molecule has 0 radical (unpaired) electrons. The van der Waals surface area contributed by atoms with Gasteiger partial charge < -0.3 is 5.11 Å². The van der Waals surface area contributed by atoms with Crippen molar-refractivity contribution in [3.8, 4) is 0 Å². The van der Waals surface area contributed by atoms with Crippen molar-refractivity contribution in [2.24, 2.45) is 0 Å². The molecule has 0 saturated carbocycles. The average Bonchev–Trinajstić information content (AvgIpc) is 2.61. The summed E-state index contributed by atoms with van der Waals surface area (Å²) in [6.07, 6.45) is 3.26. The van der Waals surface area contributed by atoms with Crippen LogP contribution in [0.25, 0.3) is 10.9 Å². The molecular weight excluding hydrogens is 354 g/mol. The smallest absolute Gasteiger partial charge is 0.354 e. The monoisotopic (exact) mass is 371 g/mol. The zero-order valence-electron chi connectivity index (χ0n) is 14.0. The summed E-state index contributed by atoms with van der Waals surface area (Å²) in [4.78, 5) is 18.9. The van der Waals surface area contributed by atoms with E-state index in [1.54, 1.807) is 6.20 Å². The molecule has 2 aromatic heterocycles. The van der Waals surface area contributed by atoms with Crippen molar-refractivity contribution >= 4 is 26.9 Å². The maximum atomic E-state index is 12.4. The number of nitrogens with zero attached hydrogens (tertiary/aromatic N) is 2. The molecule has 3 rings (SSSR count). The third kappa shape index (κ3) is 3.71. The fourth-order valence-corrected chi connectivity index (χ4v) is 3.76. The van der Waals surface area contributed by atoms with Crippen LogP contribution < -0.4 is 4.72 Å². The lowest BCUT2D eigenvalue weighted by Gasteiger charge is -2.09. The van der Waals surface area contributed by atoms with Gasteiger partial charge in [-0.25, -0.2) is 22.9 Å². The van der Waals surface area contributed by atoms with Crippen LogP contribution in [0.3, 0.4) is 0 Å². The molecule has 0 aliphatic heterocycles. The lowest BCUT2D eigenvalue weighted by molar-refractivity contribution is 0.0689. The van der Waals surface area contributed by atoms with Gasteiger partial charge in [-0.15, -0.1) is 0 Å². The second-order valence-electron chi connectivity index (χ2n) is 5.78. The molecule has 134 valence electrons. The Hall–Kier alpha value is -2.84. The molecule has 8 heteroatoms. The molecule has 2 heterocycles. The van der Waals surface area contributed by atoms with Gasteiger partial charge in [0.15, 0.2) is 5.69 Å². The van der Waals surface area contributed by atoms with Gasteiger partial charge in [-0.05, 0) is 42.7 Å². The summed E-state index contributed by atoms with van der Waals surface area (Å²) in [7, 11) is -3.77. The minimum absolute atomic E-state index is 0.0559. The summed E-state index contributed by atoms with van der Waals surface area (Å²) in [6.45, 7) is 1.72. The Kier molecular flexibility index (Phi) is 4.97. The van der Waals surface area contributed by atoms with Gasteiger partial charge in [0.05, 0.1) is 5.52 Å². The van der Waals surface area contributed by atoms with Gasteiger partial charge in [0, 0.05) is 24.3 Å². The molecule has 1 aromatic carbocycles. The number of aromatic carboxylic acids is 1. The highest BCUT2D eigenvalue weighted by Gasteiger charge is 2.17. The minimum Gasteiger partial charge on any atom is -0.477 e. The van der Waals surface area contributed by atoms with Crippen molar-refractivity contribution in [1.29, 1.82) is 0 Å². The van der Waals surface area contributed by atoms with Crippen molar-refractivity contribution in [3.63, 3.8) is 0 Å².